The van der Waals surface area contributed by atoms with E-state index < -0.39 is 6.10 Å². The number of β-amino-alcohol motifs (C(OH)–C–C–N with tert-alkyl or cyclic N) is 1. The number of fused-ring (bicyclic) bond motifs is 1. The van der Waals surface area contributed by atoms with Crippen LogP contribution >= 0.6 is 0 Å². The van der Waals surface area contributed by atoms with E-state index >= 15 is 0 Å². The third-order valence-electron chi connectivity index (χ3n) is 3.61. The lowest BCUT2D eigenvalue weighted by Gasteiger charge is -2.36. The number of phenolic OH excluding ortho intramolecular Hbond substituents is 1. The van der Waals surface area contributed by atoms with E-state index in [0.717, 1.165) is 0 Å². The molecule has 2 N–H and O–H groups in total. The van der Waals surface area contributed by atoms with Crippen LogP contribution in [0.15, 0.2) is 6.07 Å². The molecule has 0 fully saturated rings. The number of methoxy groups -OCH3 is 2. The van der Waals surface area contributed by atoms with Gasteiger partial charge in [-0.05, 0) is 25.6 Å². The smallest absolute Gasteiger partial charge is 0.203 e. The van der Waals surface area contributed by atoms with Gasteiger partial charge in [-0.2, -0.15) is 0 Å². The van der Waals surface area contributed by atoms with Crippen molar-refractivity contribution in [2.24, 2.45) is 0 Å². The molecule has 0 amide bonds. The maximum atomic E-state index is 10.3. The van der Waals surface area contributed by atoms with Crippen molar-refractivity contribution in [2.75, 3.05) is 27.8 Å². The lowest BCUT2D eigenvalue weighted by atomic mass is 9.90. The molecule has 1 aliphatic heterocycles. The van der Waals surface area contributed by atoms with Gasteiger partial charge in [0.2, 0.25) is 5.75 Å². The molecule has 0 aliphatic carbocycles. The molecule has 2 rings (SSSR count). The highest BCUT2D eigenvalue weighted by atomic mass is 16.5. The molecular formula is C13H19NO4. The van der Waals surface area contributed by atoms with E-state index in [-0.39, 0.29) is 11.8 Å². The lowest BCUT2D eigenvalue weighted by Crippen LogP contribution is -2.33. The number of hydrogen-bond acceptors (Lipinski definition) is 5. The SMILES string of the molecule is COc1cc2c(c(O)c1OC)[C@H](C)N(C)C[C@H]2O. The normalized spacial score (nSPS) is 23.6. The Labute approximate surface area is 107 Å². The van der Waals surface area contributed by atoms with Crippen LogP contribution in [-0.4, -0.2) is 42.9 Å². The summed E-state index contributed by atoms with van der Waals surface area (Å²) in [5.74, 6) is 0.792. The summed E-state index contributed by atoms with van der Waals surface area (Å²) in [6.07, 6.45) is -0.632. The van der Waals surface area contributed by atoms with E-state index in [4.69, 9.17) is 9.47 Å². The molecule has 100 valence electrons. The predicted octanol–water partition coefficient (Wildman–Crippen LogP) is 1.45. The predicted molar refractivity (Wildman–Crippen MR) is 67.2 cm³/mol. The highest BCUT2D eigenvalue weighted by Crippen LogP contribution is 2.48. The Balaban J connectivity index is 2.67. The van der Waals surface area contributed by atoms with Gasteiger partial charge in [0, 0.05) is 18.2 Å². The van der Waals surface area contributed by atoms with Crippen LogP contribution in [0.25, 0.3) is 0 Å². The quantitative estimate of drug-likeness (QED) is 0.835. The molecule has 0 bridgehead atoms. The Morgan fingerprint density at radius 1 is 1.33 bits per heavy atom. The Morgan fingerprint density at radius 2 is 2.00 bits per heavy atom. The van der Waals surface area contributed by atoms with E-state index in [1.165, 1.54) is 14.2 Å². The summed E-state index contributed by atoms with van der Waals surface area (Å²) in [4.78, 5) is 1.98. The summed E-state index contributed by atoms with van der Waals surface area (Å²) in [5.41, 5.74) is 1.41. The van der Waals surface area contributed by atoms with Crippen molar-refractivity contribution < 1.29 is 19.7 Å². The Morgan fingerprint density at radius 3 is 2.56 bits per heavy atom. The standard InChI is InChI=1S/C13H19NO4/c1-7-11-8(9(15)6-14(7)2)5-10(17-3)13(18-4)12(11)16/h5,7,9,15-16H,6H2,1-4H3/t7-,9+/m0/s1. The van der Waals surface area contributed by atoms with Gasteiger partial charge in [0.15, 0.2) is 11.5 Å². The minimum atomic E-state index is -0.632. The van der Waals surface area contributed by atoms with Gasteiger partial charge in [-0.3, -0.25) is 4.90 Å². The fourth-order valence-corrected chi connectivity index (χ4v) is 2.47. The molecule has 5 nitrogen and oxygen atoms in total. The Hall–Kier alpha value is -1.46. The molecule has 0 aromatic heterocycles. The van der Waals surface area contributed by atoms with Gasteiger partial charge in [-0.25, -0.2) is 0 Å². The molecule has 18 heavy (non-hydrogen) atoms. The van der Waals surface area contributed by atoms with E-state index in [1.807, 2.05) is 18.9 Å². The summed E-state index contributed by atoms with van der Waals surface area (Å²) in [6.45, 7) is 2.51. The second-order valence-electron chi connectivity index (χ2n) is 4.59. The van der Waals surface area contributed by atoms with Crippen LogP contribution in [0.3, 0.4) is 0 Å². The van der Waals surface area contributed by atoms with Gasteiger partial charge >= 0.3 is 0 Å². The van der Waals surface area contributed by atoms with Crippen LogP contribution in [0.2, 0.25) is 0 Å². The summed E-state index contributed by atoms with van der Waals surface area (Å²) in [6, 6.07) is 1.76. The summed E-state index contributed by atoms with van der Waals surface area (Å²) in [5, 5.41) is 20.4. The van der Waals surface area contributed by atoms with E-state index in [0.29, 0.717) is 29.2 Å². The first-order chi connectivity index (χ1) is 8.51. The average molecular weight is 253 g/mol. The highest BCUT2D eigenvalue weighted by molar-refractivity contribution is 5.60. The number of aromatic hydroxyl groups is 1. The van der Waals surface area contributed by atoms with Gasteiger partial charge in [-0.1, -0.05) is 0 Å². The second-order valence-corrected chi connectivity index (χ2v) is 4.59. The van der Waals surface area contributed by atoms with Gasteiger partial charge in [0.1, 0.15) is 0 Å². The molecule has 0 unspecified atom stereocenters. The number of aliphatic hydroxyl groups is 1. The maximum absolute atomic E-state index is 10.3. The van der Waals surface area contributed by atoms with Crippen molar-refractivity contribution in [3.8, 4) is 17.2 Å². The first-order valence-electron chi connectivity index (χ1n) is 5.87. The lowest BCUT2D eigenvalue weighted by molar-refractivity contribution is 0.0867. The molecule has 2 atom stereocenters. The van der Waals surface area contributed by atoms with Gasteiger partial charge in [-0.15, -0.1) is 0 Å². The molecular weight excluding hydrogens is 234 g/mol. The number of benzene rings is 1. The van der Waals surface area contributed by atoms with Crippen LogP contribution in [0, 0.1) is 0 Å². The zero-order valence-corrected chi connectivity index (χ0v) is 11.1. The molecule has 1 heterocycles. The maximum Gasteiger partial charge on any atom is 0.203 e. The van der Waals surface area contributed by atoms with Crippen molar-refractivity contribution in [1.82, 2.24) is 4.90 Å². The summed E-state index contributed by atoms with van der Waals surface area (Å²) < 4.78 is 10.4. The van der Waals surface area contributed by atoms with Crippen molar-refractivity contribution in [2.45, 2.75) is 19.1 Å². The number of likely N-dealkylation sites (N-methyl/N-ethyl adjacent to an activating group) is 1. The average Bonchev–Trinajstić information content (AvgIpc) is 2.35. The molecule has 0 saturated carbocycles. The minimum Gasteiger partial charge on any atom is -0.504 e. The van der Waals surface area contributed by atoms with Gasteiger partial charge < -0.3 is 19.7 Å². The molecule has 0 saturated heterocycles. The van der Waals surface area contributed by atoms with Crippen LogP contribution in [0.5, 0.6) is 17.2 Å². The summed E-state index contributed by atoms with van der Waals surface area (Å²) >= 11 is 0. The molecule has 1 aromatic rings. The van der Waals surface area contributed by atoms with E-state index in [2.05, 4.69) is 0 Å². The number of ether oxygens (including phenoxy) is 2. The zero-order chi connectivity index (χ0) is 13.4. The fourth-order valence-electron chi connectivity index (χ4n) is 2.47. The minimum absolute atomic E-state index is 0.0169. The van der Waals surface area contributed by atoms with Gasteiger partial charge in [0.25, 0.3) is 0 Å². The Bertz CT molecular complexity index is 461. The zero-order valence-electron chi connectivity index (χ0n) is 11.1. The topological polar surface area (TPSA) is 62.2 Å². The van der Waals surface area contributed by atoms with E-state index in [9.17, 15) is 10.2 Å². The van der Waals surface area contributed by atoms with Gasteiger partial charge in [0.05, 0.1) is 20.3 Å². The Kier molecular flexibility index (Phi) is 3.36. The third kappa shape index (κ3) is 1.79. The van der Waals surface area contributed by atoms with Crippen molar-refractivity contribution in [3.05, 3.63) is 17.2 Å². The second kappa shape index (κ2) is 4.66. The molecule has 0 radical (unpaired) electrons. The third-order valence-corrected chi connectivity index (χ3v) is 3.61. The van der Waals surface area contributed by atoms with Crippen LogP contribution in [0.1, 0.15) is 30.2 Å². The first-order valence-corrected chi connectivity index (χ1v) is 5.87. The fraction of sp³-hybridized carbons (Fsp3) is 0.538. The molecule has 1 aliphatic rings. The largest absolute Gasteiger partial charge is 0.504 e. The highest BCUT2D eigenvalue weighted by Gasteiger charge is 2.32. The van der Waals surface area contributed by atoms with Crippen molar-refractivity contribution >= 4 is 0 Å². The monoisotopic (exact) mass is 253 g/mol. The number of aliphatic hydroxyl groups excluding tert-OH is 1. The molecule has 5 heteroatoms. The van der Waals surface area contributed by atoms with Crippen LogP contribution < -0.4 is 9.47 Å². The number of hydrogen-bond donors (Lipinski definition) is 2. The molecule has 1 aromatic carbocycles. The summed E-state index contributed by atoms with van der Waals surface area (Å²) in [7, 11) is 4.90. The number of rotatable bonds is 2. The molecule has 0 spiro atoms. The van der Waals surface area contributed by atoms with Crippen molar-refractivity contribution in [3.63, 3.8) is 0 Å². The number of nitrogens with zero attached hydrogens (tertiary/aromatic N) is 1. The number of phenols is 1. The first kappa shape index (κ1) is 13.0. The van der Waals surface area contributed by atoms with Crippen LogP contribution in [-0.2, 0) is 0 Å². The van der Waals surface area contributed by atoms with Crippen molar-refractivity contribution in [1.29, 1.82) is 0 Å². The van der Waals surface area contributed by atoms with E-state index in [1.54, 1.807) is 6.07 Å². The van der Waals surface area contributed by atoms with Crippen LogP contribution in [0.4, 0.5) is 0 Å².